The highest BCUT2D eigenvalue weighted by Crippen LogP contribution is 2.18. The van der Waals surface area contributed by atoms with Crippen molar-refractivity contribution in [1.29, 1.82) is 0 Å². The van der Waals surface area contributed by atoms with E-state index in [9.17, 15) is 14.5 Å². The fourth-order valence-corrected chi connectivity index (χ4v) is 1.80. The van der Waals surface area contributed by atoms with E-state index in [4.69, 9.17) is 0 Å². The van der Waals surface area contributed by atoms with Gasteiger partial charge < -0.3 is 9.88 Å². The molecule has 0 spiro atoms. The molecule has 1 N–H and O–H groups in total. The Hall–Kier alpha value is -2.28. The lowest BCUT2D eigenvalue weighted by Crippen LogP contribution is -2.12. The topological polar surface area (TPSA) is 73.0 Å². The van der Waals surface area contributed by atoms with Crippen molar-refractivity contribution in [1.82, 2.24) is 14.9 Å². The summed E-state index contributed by atoms with van der Waals surface area (Å²) in [4.78, 5) is 14.0. The number of hydrogen-bond donors (Lipinski definition) is 1. The zero-order valence-electron chi connectivity index (χ0n) is 10.3. The van der Waals surface area contributed by atoms with Gasteiger partial charge in [0.1, 0.15) is 5.82 Å². The maximum absolute atomic E-state index is 13.5. The molecule has 0 fully saturated rings. The Kier molecular flexibility index (Phi) is 3.86. The minimum atomic E-state index is -0.821. The molecule has 1 heterocycles. The van der Waals surface area contributed by atoms with E-state index >= 15 is 0 Å². The molecule has 100 valence electrons. The molecule has 19 heavy (non-hydrogen) atoms. The lowest BCUT2D eigenvalue weighted by atomic mass is 10.2. The summed E-state index contributed by atoms with van der Waals surface area (Å²) in [5.74, 6) is -0.000886. The molecule has 1 aromatic heterocycles. The number of nitrogens with zero attached hydrogens (tertiary/aromatic N) is 3. The second kappa shape index (κ2) is 5.57. The summed E-state index contributed by atoms with van der Waals surface area (Å²) in [6.07, 6.45) is 3.44. The number of hydrogen-bond acceptors (Lipinski definition) is 4. The molecule has 0 aliphatic carbocycles. The van der Waals surface area contributed by atoms with Crippen LogP contribution in [0.15, 0.2) is 30.6 Å². The molecule has 2 rings (SSSR count). The van der Waals surface area contributed by atoms with Crippen LogP contribution in [-0.2, 0) is 13.1 Å². The standard InChI is InChI=1S/C12H13FN4O2/c1-14-7-12-15-4-5-16(12)8-9-2-3-11(17(18)19)10(13)6-9/h2-6,14H,7-8H2,1H3. The molecule has 0 aliphatic heterocycles. The number of halogens is 1. The summed E-state index contributed by atoms with van der Waals surface area (Å²) in [5.41, 5.74) is 0.142. The van der Waals surface area contributed by atoms with Crippen molar-refractivity contribution in [2.24, 2.45) is 0 Å². The molecule has 0 saturated carbocycles. The van der Waals surface area contributed by atoms with Crippen LogP contribution < -0.4 is 5.32 Å². The molecule has 0 amide bonds. The molecule has 0 atom stereocenters. The lowest BCUT2D eigenvalue weighted by Gasteiger charge is -2.07. The summed E-state index contributed by atoms with van der Waals surface area (Å²) in [5, 5.41) is 13.5. The minimum Gasteiger partial charge on any atom is -0.329 e. The zero-order valence-corrected chi connectivity index (χ0v) is 10.3. The van der Waals surface area contributed by atoms with Crippen molar-refractivity contribution < 1.29 is 9.31 Å². The highest BCUT2D eigenvalue weighted by molar-refractivity contribution is 5.35. The number of rotatable bonds is 5. The van der Waals surface area contributed by atoms with Crippen LogP contribution in [-0.4, -0.2) is 21.5 Å². The second-order valence-corrected chi connectivity index (χ2v) is 4.04. The van der Waals surface area contributed by atoms with Crippen LogP contribution in [0.3, 0.4) is 0 Å². The maximum Gasteiger partial charge on any atom is 0.304 e. The molecule has 0 bridgehead atoms. The van der Waals surface area contributed by atoms with Crippen molar-refractivity contribution in [3.05, 3.63) is 57.9 Å². The predicted molar refractivity (Wildman–Crippen MR) is 67.1 cm³/mol. The number of nitro benzene ring substituents is 1. The number of nitro groups is 1. The van der Waals surface area contributed by atoms with Gasteiger partial charge in [-0.3, -0.25) is 10.1 Å². The van der Waals surface area contributed by atoms with Gasteiger partial charge in [-0.2, -0.15) is 4.39 Å². The SMILES string of the molecule is CNCc1nccn1Cc1ccc([N+](=O)[O-])c(F)c1. The molecule has 0 saturated heterocycles. The Balaban J connectivity index is 2.21. The molecule has 0 radical (unpaired) electrons. The largest absolute Gasteiger partial charge is 0.329 e. The van der Waals surface area contributed by atoms with Crippen molar-refractivity contribution in [3.8, 4) is 0 Å². The van der Waals surface area contributed by atoms with Crippen molar-refractivity contribution in [2.45, 2.75) is 13.1 Å². The first-order valence-electron chi connectivity index (χ1n) is 5.69. The monoisotopic (exact) mass is 264 g/mol. The zero-order chi connectivity index (χ0) is 13.8. The average molecular weight is 264 g/mol. The van der Waals surface area contributed by atoms with Crippen LogP contribution in [0.1, 0.15) is 11.4 Å². The van der Waals surface area contributed by atoms with Gasteiger partial charge in [-0.05, 0) is 18.7 Å². The van der Waals surface area contributed by atoms with Gasteiger partial charge in [0.25, 0.3) is 0 Å². The number of imidazole rings is 1. The van der Waals surface area contributed by atoms with Gasteiger partial charge >= 0.3 is 5.69 Å². The van der Waals surface area contributed by atoms with Crippen LogP contribution >= 0.6 is 0 Å². The van der Waals surface area contributed by atoms with E-state index in [1.807, 2.05) is 11.6 Å². The van der Waals surface area contributed by atoms with Gasteiger partial charge in [0.2, 0.25) is 5.82 Å². The van der Waals surface area contributed by atoms with Crippen LogP contribution in [0.2, 0.25) is 0 Å². The maximum atomic E-state index is 13.5. The number of aromatic nitrogens is 2. The third kappa shape index (κ3) is 2.94. The van der Waals surface area contributed by atoms with E-state index in [-0.39, 0.29) is 0 Å². The molecule has 6 nitrogen and oxygen atoms in total. The van der Waals surface area contributed by atoms with E-state index in [1.54, 1.807) is 18.5 Å². The van der Waals surface area contributed by atoms with Crippen molar-refractivity contribution >= 4 is 5.69 Å². The van der Waals surface area contributed by atoms with E-state index in [0.29, 0.717) is 18.7 Å². The highest BCUT2D eigenvalue weighted by Gasteiger charge is 2.14. The van der Waals surface area contributed by atoms with Crippen molar-refractivity contribution in [2.75, 3.05) is 7.05 Å². The summed E-state index contributed by atoms with van der Waals surface area (Å²) < 4.78 is 15.4. The van der Waals surface area contributed by atoms with Gasteiger partial charge in [0, 0.05) is 25.0 Å². The Morgan fingerprint density at radius 2 is 2.32 bits per heavy atom. The first kappa shape index (κ1) is 13.2. The van der Waals surface area contributed by atoms with Crippen LogP contribution in [0.5, 0.6) is 0 Å². The predicted octanol–water partition coefficient (Wildman–Crippen LogP) is 1.70. The first-order chi connectivity index (χ1) is 9.11. The van der Waals surface area contributed by atoms with Crippen LogP contribution in [0.25, 0.3) is 0 Å². The normalized spacial score (nSPS) is 10.6. The van der Waals surface area contributed by atoms with Gasteiger partial charge in [-0.25, -0.2) is 4.98 Å². The van der Waals surface area contributed by atoms with Crippen LogP contribution in [0.4, 0.5) is 10.1 Å². The van der Waals surface area contributed by atoms with Gasteiger partial charge in [0.15, 0.2) is 0 Å². The highest BCUT2D eigenvalue weighted by atomic mass is 19.1. The molecule has 1 aromatic carbocycles. The first-order valence-corrected chi connectivity index (χ1v) is 5.69. The lowest BCUT2D eigenvalue weighted by molar-refractivity contribution is -0.387. The van der Waals surface area contributed by atoms with Crippen LogP contribution in [0, 0.1) is 15.9 Å². The third-order valence-corrected chi connectivity index (χ3v) is 2.70. The van der Waals surface area contributed by atoms with Gasteiger partial charge in [-0.15, -0.1) is 0 Å². The Morgan fingerprint density at radius 3 is 2.95 bits per heavy atom. The smallest absolute Gasteiger partial charge is 0.304 e. The quantitative estimate of drug-likeness (QED) is 0.659. The molecule has 0 aliphatic rings. The Bertz CT molecular complexity index is 597. The fourth-order valence-electron chi connectivity index (χ4n) is 1.80. The number of nitrogens with one attached hydrogen (secondary N) is 1. The number of benzene rings is 1. The van der Waals surface area contributed by atoms with Crippen molar-refractivity contribution in [3.63, 3.8) is 0 Å². The molecule has 7 heteroatoms. The van der Waals surface area contributed by atoms with E-state index < -0.39 is 16.4 Å². The Morgan fingerprint density at radius 1 is 1.53 bits per heavy atom. The third-order valence-electron chi connectivity index (χ3n) is 2.70. The molecule has 2 aromatic rings. The fraction of sp³-hybridized carbons (Fsp3) is 0.250. The van der Waals surface area contributed by atoms with Gasteiger partial charge in [-0.1, -0.05) is 6.07 Å². The van der Waals surface area contributed by atoms with E-state index in [1.165, 1.54) is 12.1 Å². The molecular weight excluding hydrogens is 251 g/mol. The van der Waals surface area contributed by atoms with E-state index in [0.717, 1.165) is 5.82 Å². The molecule has 0 unspecified atom stereocenters. The summed E-state index contributed by atoms with van der Waals surface area (Å²) in [6, 6.07) is 3.91. The van der Waals surface area contributed by atoms with Gasteiger partial charge in [0.05, 0.1) is 11.5 Å². The minimum absolute atomic E-state index is 0.423. The molecular formula is C12H13FN4O2. The second-order valence-electron chi connectivity index (χ2n) is 4.04. The average Bonchev–Trinajstić information content (AvgIpc) is 2.77. The summed E-state index contributed by atoms with van der Waals surface area (Å²) >= 11 is 0. The summed E-state index contributed by atoms with van der Waals surface area (Å²) in [6.45, 7) is 1.02. The Labute approximate surface area is 109 Å². The van der Waals surface area contributed by atoms with E-state index in [2.05, 4.69) is 10.3 Å². The summed E-state index contributed by atoms with van der Waals surface area (Å²) in [7, 11) is 1.81.